The van der Waals surface area contributed by atoms with Gasteiger partial charge >= 0.3 is 0 Å². The van der Waals surface area contributed by atoms with E-state index in [9.17, 15) is 8.42 Å². The third-order valence-electron chi connectivity index (χ3n) is 1.60. The molecule has 0 aromatic heterocycles. The van der Waals surface area contributed by atoms with Gasteiger partial charge in [0.1, 0.15) is 0 Å². The van der Waals surface area contributed by atoms with Crippen LogP contribution in [-0.4, -0.2) is 43.8 Å². The van der Waals surface area contributed by atoms with Crippen LogP contribution >= 0.6 is 0 Å². The van der Waals surface area contributed by atoms with Crippen LogP contribution in [0.2, 0.25) is 0 Å². The molecule has 0 aliphatic heterocycles. The van der Waals surface area contributed by atoms with E-state index in [0.29, 0.717) is 13.0 Å². The highest BCUT2D eigenvalue weighted by atomic mass is 32.2. The Labute approximate surface area is 74.3 Å². The van der Waals surface area contributed by atoms with Crippen molar-refractivity contribution in [1.82, 2.24) is 4.90 Å². The van der Waals surface area contributed by atoms with Crippen molar-refractivity contribution >= 4 is 10.1 Å². The van der Waals surface area contributed by atoms with E-state index in [2.05, 4.69) is 0 Å². The van der Waals surface area contributed by atoms with Crippen molar-refractivity contribution in [2.24, 2.45) is 0 Å². The van der Waals surface area contributed by atoms with E-state index in [1.165, 1.54) is 0 Å². The first-order valence-corrected chi connectivity index (χ1v) is 5.49. The predicted octanol–water partition coefficient (Wildman–Crippen LogP) is 0.605. The summed E-state index contributed by atoms with van der Waals surface area (Å²) in [6.45, 7) is 2.28. The average Bonchev–Trinajstić information content (AvgIpc) is 1.83. The molecule has 0 aliphatic carbocycles. The van der Waals surface area contributed by atoms with E-state index in [-0.39, 0.29) is 0 Å². The second kappa shape index (κ2) is 4.79. The monoisotopic (exact) mass is 195 g/mol. The summed E-state index contributed by atoms with van der Waals surface area (Å²) >= 11 is 0. The maximum Gasteiger partial charge on any atom is 0.269 e. The lowest BCUT2D eigenvalue weighted by Crippen LogP contribution is -2.32. The van der Waals surface area contributed by atoms with Crippen molar-refractivity contribution in [2.45, 2.75) is 25.0 Å². The molecule has 0 aliphatic rings. The minimum Gasteiger partial charge on any atom is -0.308 e. The van der Waals surface area contributed by atoms with Crippen molar-refractivity contribution in [3.05, 3.63) is 0 Å². The summed E-state index contributed by atoms with van der Waals surface area (Å²) in [5.41, 5.74) is 0. The minimum atomic E-state index is -3.86. The van der Waals surface area contributed by atoms with Gasteiger partial charge in [-0.05, 0) is 20.5 Å². The molecule has 12 heavy (non-hydrogen) atoms. The van der Waals surface area contributed by atoms with Crippen LogP contribution in [0.4, 0.5) is 0 Å². The molecular weight excluding hydrogens is 178 g/mol. The molecule has 1 unspecified atom stereocenters. The summed E-state index contributed by atoms with van der Waals surface area (Å²) < 4.78 is 30.4. The van der Waals surface area contributed by atoms with E-state index in [1.54, 1.807) is 19.0 Å². The van der Waals surface area contributed by atoms with Crippen LogP contribution in [0, 0.1) is 0 Å². The fourth-order valence-corrected chi connectivity index (χ4v) is 2.08. The minimum absolute atomic E-state index is 0.382. The maximum absolute atomic E-state index is 10.8. The Bertz CT molecular complexity index is 211. The average molecular weight is 195 g/mol. The Morgan fingerprint density at radius 2 is 1.92 bits per heavy atom. The molecule has 0 fully saturated rings. The molecule has 74 valence electrons. The SMILES string of the molecule is CCCC(CN(C)C)S(=O)(=O)O. The lowest BCUT2D eigenvalue weighted by Gasteiger charge is -2.17. The molecule has 0 spiro atoms. The highest BCUT2D eigenvalue weighted by Crippen LogP contribution is 2.07. The number of rotatable bonds is 5. The summed E-state index contributed by atoms with van der Waals surface area (Å²) in [4.78, 5) is 1.76. The lowest BCUT2D eigenvalue weighted by molar-refractivity contribution is 0.373. The van der Waals surface area contributed by atoms with Crippen molar-refractivity contribution in [3.8, 4) is 0 Å². The number of hydrogen-bond donors (Lipinski definition) is 1. The van der Waals surface area contributed by atoms with Gasteiger partial charge in [-0.15, -0.1) is 0 Å². The zero-order chi connectivity index (χ0) is 9.78. The van der Waals surface area contributed by atoms with Gasteiger partial charge in [-0.3, -0.25) is 4.55 Å². The van der Waals surface area contributed by atoms with Gasteiger partial charge in [0.05, 0.1) is 5.25 Å². The van der Waals surface area contributed by atoms with Crippen molar-refractivity contribution in [1.29, 1.82) is 0 Å². The van der Waals surface area contributed by atoms with Gasteiger partial charge in [0.25, 0.3) is 10.1 Å². The van der Waals surface area contributed by atoms with Gasteiger partial charge in [-0.2, -0.15) is 8.42 Å². The first-order valence-electron chi connectivity index (χ1n) is 3.99. The van der Waals surface area contributed by atoms with Crippen LogP contribution in [0.25, 0.3) is 0 Å². The van der Waals surface area contributed by atoms with Gasteiger partial charge in [-0.25, -0.2) is 0 Å². The Balaban J connectivity index is 4.24. The van der Waals surface area contributed by atoms with Crippen molar-refractivity contribution in [3.63, 3.8) is 0 Å². The standard InChI is InChI=1S/C7H17NO3S/c1-4-5-7(6-8(2)3)12(9,10)11/h7H,4-6H2,1-3H3,(H,9,10,11). The highest BCUT2D eigenvalue weighted by molar-refractivity contribution is 7.86. The zero-order valence-electron chi connectivity index (χ0n) is 7.82. The Morgan fingerprint density at radius 3 is 2.17 bits per heavy atom. The smallest absolute Gasteiger partial charge is 0.269 e. The predicted molar refractivity (Wildman–Crippen MR) is 48.8 cm³/mol. The first kappa shape index (κ1) is 11.9. The van der Waals surface area contributed by atoms with Crippen LogP contribution in [-0.2, 0) is 10.1 Å². The fourth-order valence-electron chi connectivity index (χ4n) is 1.06. The third-order valence-corrected chi connectivity index (χ3v) is 2.83. The second-order valence-corrected chi connectivity index (χ2v) is 4.88. The summed E-state index contributed by atoms with van der Waals surface area (Å²) in [6.07, 6.45) is 1.27. The molecule has 0 radical (unpaired) electrons. The molecule has 1 atom stereocenters. The van der Waals surface area contributed by atoms with E-state index < -0.39 is 15.4 Å². The molecular formula is C7H17NO3S. The van der Waals surface area contributed by atoms with Gasteiger partial charge in [0, 0.05) is 6.54 Å². The molecule has 0 heterocycles. The topological polar surface area (TPSA) is 57.6 Å². The van der Waals surface area contributed by atoms with Crippen molar-refractivity contribution < 1.29 is 13.0 Å². The molecule has 0 saturated heterocycles. The zero-order valence-corrected chi connectivity index (χ0v) is 8.63. The quantitative estimate of drug-likeness (QED) is 0.653. The third kappa shape index (κ3) is 4.69. The molecule has 0 aromatic rings. The van der Waals surface area contributed by atoms with E-state index in [0.717, 1.165) is 6.42 Å². The molecule has 4 nitrogen and oxygen atoms in total. The van der Waals surface area contributed by atoms with E-state index in [1.807, 2.05) is 6.92 Å². The molecule has 1 N–H and O–H groups in total. The van der Waals surface area contributed by atoms with Crippen molar-refractivity contribution in [2.75, 3.05) is 20.6 Å². The van der Waals surface area contributed by atoms with Crippen LogP contribution in [0.3, 0.4) is 0 Å². The highest BCUT2D eigenvalue weighted by Gasteiger charge is 2.22. The van der Waals surface area contributed by atoms with Gasteiger partial charge < -0.3 is 4.90 Å². The number of hydrogen-bond acceptors (Lipinski definition) is 3. The molecule has 0 aromatic carbocycles. The van der Waals surface area contributed by atoms with Gasteiger partial charge in [0.2, 0.25) is 0 Å². The van der Waals surface area contributed by atoms with E-state index >= 15 is 0 Å². The summed E-state index contributed by atoms with van der Waals surface area (Å²) in [5.74, 6) is 0. The Morgan fingerprint density at radius 1 is 1.42 bits per heavy atom. The van der Waals surface area contributed by atoms with Gasteiger partial charge in [0.15, 0.2) is 0 Å². The van der Waals surface area contributed by atoms with E-state index in [4.69, 9.17) is 4.55 Å². The molecule has 0 saturated carbocycles. The molecule has 0 amide bonds. The Hall–Kier alpha value is -0.130. The van der Waals surface area contributed by atoms with Crippen LogP contribution in [0.5, 0.6) is 0 Å². The molecule has 0 bridgehead atoms. The van der Waals surface area contributed by atoms with Crippen LogP contribution in [0.1, 0.15) is 19.8 Å². The maximum atomic E-state index is 10.8. The molecule has 0 rings (SSSR count). The molecule has 5 heteroatoms. The fraction of sp³-hybridized carbons (Fsp3) is 1.00. The van der Waals surface area contributed by atoms with Crippen LogP contribution in [0.15, 0.2) is 0 Å². The van der Waals surface area contributed by atoms with Gasteiger partial charge in [-0.1, -0.05) is 13.3 Å². The first-order chi connectivity index (χ1) is 5.38. The summed E-state index contributed by atoms with van der Waals surface area (Å²) in [7, 11) is -0.293. The summed E-state index contributed by atoms with van der Waals surface area (Å²) in [6, 6.07) is 0. The second-order valence-electron chi connectivity index (χ2n) is 3.19. The largest absolute Gasteiger partial charge is 0.308 e. The lowest BCUT2D eigenvalue weighted by atomic mass is 10.2. The van der Waals surface area contributed by atoms with Crippen LogP contribution < -0.4 is 0 Å². The summed E-state index contributed by atoms with van der Waals surface area (Å²) in [5, 5.41) is -0.641. The normalized spacial score (nSPS) is 15.1. The Kier molecular flexibility index (Phi) is 4.74. The number of nitrogens with zero attached hydrogens (tertiary/aromatic N) is 1.